The molecule has 0 amide bonds. The number of aryl methyl sites for hydroxylation is 2. The minimum Gasteiger partial charge on any atom is -0.384 e. The molecule has 0 spiro atoms. The third-order valence-corrected chi connectivity index (χ3v) is 2.71. The number of nitrogen functional groups attached to an aromatic ring is 1. The van der Waals surface area contributed by atoms with E-state index < -0.39 is 6.10 Å². The molecule has 0 radical (unpaired) electrons. The van der Waals surface area contributed by atoms with Crippen LogP contribution in [0.4, 0.5) is 5.82 Å². The highest BCUT2D eigenvalue weighted by molar-refractivity contribution is 5.45. The maximum atomic E-state index is 10.2. The molecule has 0 aliphatic heterocycles. The second kappa shape index (κ2) is 3.98. The average Bonchev–Trinajstić information content (AvgIpc) is 2.63. The fourth-order valence-electron chi connectivity index (χ4n) is 1.82. The summed E-state index contributed by atoms with van der Waals surface area (Å²) in [7, 11) is 0. The number of aromatic amines is 1. The zero-order chi connectivity index (χ0) is 11.7. The summed E-state index contributed by atoms with van der Waals surface area (Å²) in [6.07, 6.45) is 0.832. The first kappa shape index (κ1) is 10.7. The largest absolute Gasteiger partial charge is 0.384 e. The number of anilines is 1. The van der Waals surface area contributed by atoms with Crippen molar-refractivity contribution in [2.75, 3.05) is 5.73 Å². The van der Waals surface area contributed by atoms with E-state index in [2.05, 4.69) is 10.2 Å². The smallest absolute Gasteiger partial charge is 0.125 e. The molecule has 0 fully saturated rings. The molecule has 16 heavy (non-hydrogen) atoms. The number of aliphatic hydroxyl groups excluding tert-OH is 1. The molecule has 4 nitrogen and oxygen atoms in total. The number of nitrogens with one attached hydrogen (secondary N) is 1. The lowest BCUT2D eigenvalue weighted by Gasteiger charge is -2.13. The van der Waals surface area contributed by atoms with Crippen molar-refractivity contribution in [2.24, 2.45) is 0 Å². The van der Waals surface area contributed by atoms with Crippen LogP contribution in [0.25, 0.3) is 0 Å². The maximum Gasteiger partial charge on any atom is 0.125 e. The van der Waals surface area contributed by atoms with E-state index in [0.29, 0.717) is 11.4 Å². The molecule has 1 heterocycles. The lowest BCUT2D eigenvalue weighted by molar-refractivity contribution is 0.220. The summed E-state index contributed by atoms with van der Waals surface area (Å²) in [6, 6.07) is 5.93. The second-order valence-electron chi connectivity index (χ2n) is 4.00. The monoisotopic (exact) mass is 217 g/mol. The predicted octanol–water partition coefficient (Wildman–Crippen LogP) is 1.69. The Morgan fingerprint density at radius 3 is 2.62 bits per heavy atom. The minimum absolute atomic E-state index is 0.410. The topological polar surface area (TPSA) is 74.9 Å². The Balaban J connectivity index is 2.41. The quantitative estimate of drug-likeness (QED) is 0.716. The van der Waals surface area contributed by atoms with Crippen molar-refractivity contribution in [3.63, 3.8) is 0 Å². The van der Waals surface area contributed by atoms with Crippen molar-refractivity contribution in [1.82, 2.24) is 10.2 Å². The van der Waals surface area contributed by atoms with E-state index in [-0.39, 0.29) is 0 Å². The van der Waals surface area contributed by atoms with E-state index >= 15 is 0 Å². The number of aliphatic hydroxyl groups is 1. The van der Waals surface area contributed by atoms with Crippen LogP contribution >= 0.6 is 0 Å². The van der Waals surface area contributed by atoms with Gasteiger partial charge in [0.15, 0.2) is 0 Å². The molecular weight excluding hydrogens is 202 g/mol. The van der Waals surface area contributed by atoms with Gasteiger partial charge in [-0.05, 0) is 25.0 Å². The number of nitrogens with two attached hydrogens (primary N) is 1. The predicted molar refractivity (Wildman–Crippen MR) is 63.0 cm³/mol. The molecule has 2 rings (SSSR count). The van der Waals surface area contributed by atoms with Crippen molar-refractivity contribution in [3.05, 3.63) is 46.6 Å². The molecule has 0 bridgehead atoms. The molecule has 2 aromatic rings. The zero-order valence-corrected chi connectivity index (χ0v) is 9.36. The normalized spacial score (nSPS) is 12.7. The summed E-state index contributed by atoms with van der Waals surface area (Å²) >= 11 is 0. The van der Waals surface area contributed by atoms with Crippen LogP contribution < -0.4 is 5.73 Å². The van der Waals surface area contributed by atoms with Crippen LogP contribution in [0.1, 0.15) is 28.4 Å². The van der Waals surface area contributed by atoms with Gasteiger partial charge in [-0.25, -0.2) is 0 Å². The number of H-pyrrole nitrogens is 1. The molecule has 4 N–H and O–H groups in total. The minimum atomic E-state index is -0.723. The summed E-state index contributed by atoms with van der Waals surface area (Å²) in [5.74, 6) is 0.410. The standard InChI is InChI=1S/C12H15N3O/c1-7-3-4-9(8(2)5-7)11(16)10-6-14-15-12(10)13/h3-6,11,16H,1-2H3,(H3,13,14,15). The molecule has 0 saturated carbocycles. The Labute approximate surface area is 94.1 Å². The first-order valence-corrected chi connectivity index (χ1v) is 5.13. The zero-order valence-electron chi connectivity index (χ0n) is 9.36. The van der Waals surface area contributed by atoms with E-state index in [9.17, 15) is 5.11 Å². The van der Waals surface area contributed by atoms with Crippen molar-refractivity contribution in [3.8, 4) is 0 Å². The maximum absolute atomic E-state index is 10.2. The molecule has 84 valence electrons. The van der Waals surface area contributed by atoms with Gasteiger partial charge >= 0.3 is 0 Å². The fourth-order valence-corrected chi connectivity index (χ4v) is 1.82. The molecule has 1 atom stereocenters. The van der Waals surface area contributed by atoms with E-state index in [4.69, 9.17) is 5.73 Å². The highest BCUT2D eigenvalue weighted by atomic mass is 16.3. The van der Waals surface area contributed by atoms with E-state index in [0.717, 1.165) is 11.1 Å². The third kappa shape index (κ3) is 1.79. The molecule has 0 aliphatic rings. The summed E-state index contributed by atoms with van der Waals surface area (Å²) in [5, 5.41) is 16.6. The van der Waals surface area contributed by atoms with Crippen molar-refractivity contribution in [1.29, 1.82) is 0 Å². The van der Waals surface area contributed by atoms with Crippen LogP contribution in [0.3, 0.4) is 0 Å². The number of benzene rings is 1. The highest BCUT2D eigenvalue weighted by Gasteiger charge is 2.16. The Morgan fingerprint density at radius 1 is 1.31 bits per heavy atom. The van der Waals surface area contributed by atoms with Crippen LogP contribution in [0.15, 0.2) is 24.4 Å². The van der Waals surface area contributed by atoms with Gasteiger partial charge in [0.05, 0.1) is 6.20 Å². The van der Waals surface area contributed by atoms with Crippen molar-refractivity contribution >= 4 is 5.82 Å². The van der Waals surface area contributed by atoms with Crippen LogP contribution in [0, 0.1) is 13.8 Å². The molecule has 4 heteroatoms. The van der Waals surface area contributed by atoms with E-state index in [1.54, 1.807) is 6.20 Å². The number of nitrogens with zero attached hydrogens (tertiary/aromatic N) is 1. The molecule has 1 aromatic carbocycles. The van der Waals surface area contributed by atoms with Gasteiger partial charge in [0, 0.05) is 5.56 Å². The second-order valence-corrected chi connectivity index (χ2v) is 4.00. The SMILES string of the molecule is Cc1ccc(C(O)c2cn[nH]c2N)c(C)c1. The lowest BCUT2D eigenvalue weighted by Crippen LogP contribution is -2.04. The summed E-state index contributed by atoms with van der Waals surface area (Å²) < 4.78 is 0. The Hall–Kier alpha value is -1.81. The van der Waals surface area contributed by atoms with Gasteiger partial charge in [-0.15, -0.1) is 0 Å². The molecule has 0 saturated heterocycles. The van der Waals surface area contributed by atoms with Gasteiger partial charge in [0.25, 0.3) is 0 Å². The van der Waals surface area contributed by atoms with Gasteiger partial charge in [0.2, 0.25) is 0 Å². The molecule has 1 unspecified atom stereocenters. The molecular formula is C12H15N3O. The summed E-state index contributed by atoms with van der Waals surface area (Å²) in [5.41, 5.74) is 9.38. The fraction of sp³-hybridized carbons (Fsp3) is 0.250. The Bertz CT molecular complexity index is 505. The first-order chi connectivity index (χ1) is 7.59. The van der Waals surface area contributed by atoms with Crippen molar-refractivity contribution < 1.29 is 5.11 Å². The summed E-state index contributed by atoms with van der Waals surface area (Å²) in [6.45, 7) is 4.00. The van der Waals surface area contributed by atoms with Gasteiger partial charge in [-0.1, -0.05) is 23.8 Å². The first-order valence-electron chi connectivity index (χ1n) is 5.13. The Kier molecular flexibility index (Phi) is 2.66. The third-order valence-electron chi connectivity index (χ3n) is 2.71. The van der Waals surface area contributed by atoms with Crippen LogP contribution in [-0.4, -0.2) is 15.3 Å². The Morgan fingerprint density at radius 2 is 2.06 bits per heavy atom. The number of hydrogen-bond donors (Lipinski definition) is 3. The highest BCUT2D eigenvalue weighted by Crippen LogP contribution is 2.27. The van der Waals surface area contributed by atoms with Crippen molar-refractivity contribution in [2.45, 2.75) is 20.0 Å². The van der Waals surface area contributed by atoms with E-state index in [1.165, 1.54) is 5.56 Å². The number of rotatable bonds is 2. The van der Waals surface area contributed by atoms with E-state index in [1.807, 2.05) is 32.0 Å². The van der Waals surface area contributed by atoms with Gasteiger partial charge in [-0.3, -0.25) is 5.10 Å². The summed E-state index contributed by atoms with van der Waals surface area (Å²) in [4.78, 5) is 0. The van der Waals surface area contributed by atoms with Crippen LogP contribution in [0.2, 0.25) is 0 Å². The number of hydrogen-bond acceptors (Lipinski definition) is 3. The average molecular weight is 217 g/mol. The van der Waals surface area contributed by atoms with Crippen LogP contribution in [0.5, 0.6) is 0 Å². The number of aromatic nitrogens is 2. The van der Waals surface area contributed by atoms with Gasteiger partial charge < -0.3 is 10.8 Å². The van der Waals surface area contributed by atoms with Crippen LogP contribution in [-0.2, 0) is 0 Å². The van der Waals surface area contributed by atoms with Gasteiger partial charge in [-0.2, -0.15) is 5.10 Å². The molecule has 1 aromatic heterocycles. The molecule has 0 aliphatic carbocycles. The lowest BCUT2D eigenvalue weighted by atomic mass is 9.97. The van der Waals surface area contributed by atoms with Gasteiger partial charge in [0.1, 0.15) is 11.9 Å².